The van der Waals surface area contributed by atoms with Crippen molar-refractivity contribution in [3.63, 3.8) is 0 Å². The molecule has 6 rings (SSSR count). The van der Waals surface area contributed by atoms with E-state index in [9.17, 15) is 29.3 Å². The van der Waals surface area contributed by atoms with E-state index in [1.165, 1.54) is 42.5 Å². The van der Waals surface area contributed by atoms with Gasteiger partial charge in [0.2, 0.25) is 11.8 Å². The van der Waals surface area contributed by atoms with Gasteiger partial charge >= 0.3 is 10.8 Å². The Kier molecular flexibility index (Phi) is 7.82. The van der Waals surface area contributed by atoms with Gasteiger partial charge in [0.15, 0.2) is 0 Å². The van der Waals surface area contributed by atoms with Crippen LogP contribution in [0.5, 0.6) is 5.75 Å². The van der Waals surface area contributed by atoms with Gasteiger partial charge in [-0.05, 0) is 49.7 Å². The van der Waals surface area contributed by atoms with Crippen LogP contribution in [0.25, 0.3) is 0 Å². The van der Waals surface area contributed by atoms with Gasteiger partial charge in [-0.25, -0.2) is 9.69 Å². The first kappa shape index (κ1) is 29.3. The number of aromatic nitrogens is 1. The molecule has 0 spiro atoms. The lowest BCUT2D eigenvalue weighted by Crippen LogP contribution is -2.32. The molecule has 44 heavy (non-hydrogen) atoms. The van der Waals surface area contributed by atoms with E-state index in [0.29, 0.717) is 21.2 Å². The molecule has 1 fully saturated rings. The van der Waals surface area contributed by atoms with Crippen LogP contribution in [0.1, 0.15) is 44.8 Å². The zero-order chi connectivity index (χ0) is 31.1. The summed E-state index contributed by atoms with van der Waals surface area (Å²) in [6.07, 6.45) is 0. The van der Waals surface area contributed by atoms with Gasteiger partial charge in [-0.1, -0.05) is 52.9 Å². The Bertz CT molecular complexity index is 1870. The van der Waals surface area contributed by atoms with Crippen LogP contribution < -0.4 is 14.5 Å². The number of esters is 1. The Labute approximate surface area is 259 Å². The van der Waals surface area contributed by atoms with E-state index in [4.69, 9.17) is 9.47 Å². The molecule has 0 bridgehead atoms. The highest BCUT2D eigenvalue weighted by molar-refractivity contribution is 8.00. The Morgan fingerprint density at radius 1 is 1.05 bits per heavy atom. The maximum atomic E-state index is 14.2. The van der Waals surface area contributed by atoms with Crippen molar-refractivity contribution < 1.29 is 28.8 Å². The summed E-state index contributed by atoms with van der Waals surface area (Å²) in [7, 11) is 0. The van der Waals surface area contributed by atoms with Crippen LogP contribution in [0.3, 0.4) is 0 Å². The fraction of sp³-hybridized carbons (Fsp3) is 0.226. The molecule has 4 aromatic rings. The number of hydrogen-bond acceptors (Lipinski definition) is 10. The third-order valence-electron chi connectivity index (χ3n) is 7.48. The monoisotopic (exact) mass is 631 g/mol. The molecule has 11 nitrogen and oxygen atoms in total. The third kappa shape index (κ3) is 5.28. The van der Waals surface area contributed by atoms with E-state index in [2.05, 4.69) is 4.98 Å². The molecule has 0 aliphatic carbocycles. The van der Waals surface area contributed by atoms with Crippen LogP contribution >= 0.6 is 23.1 Å². The number of hydrogen-bond donors (Lipinski definition) is 1. The number of rotatable bonds is 8. The normalized spacial score (nSPS) is 19.0. The summed E-state index contributed by atoms with van der Waals surface area (Å²) in [5, 5.41) is 11.4. The molecule has 0 unspecified atom stereocenters. The number of carbonyl (C=O) groups excluding carboxylic acids is 3. The van der Waals surface area contributed by atoms with E-state index in [0.717, 1.165) is 39.1 Å². The number of ether oxygens (including phenoxy) is 2. The van der Waals surface area contributed by atoms with Gasteiger partial charge in [0.1, 0.15) is 17.6 Å². The highest BCUT2D eigenvalue weighted by Gasteiger charge is 2.57. The molecule has 0 saturated carbocycles. The van der Waals surface area contributed by atoms with Gasteiger partial charge in [-0.3, -0.25) is 24.5 Å². The zero-order valence-electron chi connectivity index (χ0n) is 23.5. The van der Waals surface area contributed by atoms with Crippen molar-refractivity contribution in [3.8, 4) is 5.75 Å². The molecule has 0 radical (unpaired) electrons. The van der Waals surface area contributed by atoms with Gasteiger partial charge in [0.05, 0.1) is 33.7 Å². The quantitative estimate of drug-likeness (QED) is 0.120. The molecule has 224 valence electrons. The largest absolute Gasteiger partial charge is 0.489 e. The van der Waals surface area contributed by atoms with E-state index >= 15 is 0 Å². The Morgan fingerprint density at radius 3 is 2.52 bits per heavy atom. The first-order valence-corrected chi connectivity index (χ1v) is 15.4. The lowest BCUT2D eigenvalue weighted by Gasteiger charge is -2.30. The van der Waals surface area contributed by atoms with Gasteiger partial charge in [-0.2, -0.15) is 0 Å². The molecular weight excluding hydrogens is 606 g/mol. The number of nitro groups is 1. The number of aryl methyl sites for hydroxylation is 1. The Hall–Kier alpha value is -4.75. The lowest BCUT2D eigenvalue weighted by molar-refractivity contribution is -0.385. The number of imide groups is 1. The Balaban J connectivity index is 1.43. The number of aromatic amines is 1. The van der Waals surface area contributed by atoms with Gasteiger partial charge in [0.25, 0.3) is 5.69 Å². The number of nitrogens with one attached hydrogen (secondary N) is 1. The number of anilines is 1. The smallest absolute Gasteiger partial charge is 0.338 e. The summed E-state index contributed by atoms with van der Waals surface area (Å²) in [4.78, 5) is 68.0. The lowest BCUT2D eigenvalue weighted by atomic mass is 9.82. The molecule has 3 atom stereocenters. The Morgan fingerprint density at radius 2 is 1.82 bits per heavy atom. The molecule has 2 aliphatic heterocycles. The number of amides is 2. The summed E-state index contributed by atoms with van der Waals surface area (Å²) in [6.45, 7) is 4.00. The molecule has 1 saturated heterocycles. The number of carbonyl (C=O) groups is 3. The number of H-pyrrole nitrogens is 1. The fourth-order valence-electron chi connectivity index (χ4n) is 5.55. The second-order valence-corrected chi connectivity index (χ2v) is 12.5. The standard InChI is InChI=1S/C31H25N3O8S2/c1-3-41-30(37)18-7-9-19(10-8-18)33-28(35)24-23(25-27(32-31(38)44-25)43-26(24)29(33)36)21-14-20(34(39)40)11-12-22(21)42-15-17-6-4-5-16(2)13-17/h4-14,23-24,26H,3,15H2,1-2H3,(H,32,38)/t23-,24-,26+/m0/s1. The number of thiazole rings is 1. The minimum atomic E-state index is -0.987. The predicted octanol–water partition coefficient (Wildman–Crippen LogP) is 5.20. The summed E-state index contributed by atoms with van der Waals surface area (Å²) in [5.41, 5.74) is 2.57. The number of non-ortho nitro benzene ring substituents is 1. The second kappa shape index (κ2) is 11.7. The SMILES string of the molecule is CCOC(=O)c1ccc(N2C(=O)[C@H]3[C@H](c4cc([N+](=O)[O-])ccc4OCc4cccc(C)c4)c4sc(=O)[nH]c4S[C@H]3C2=O)cc1. The van der Waals surface area contributed by atoms with Crippen LogP contribution in [-0.4, -0.2) is 39.5 Å². The van der Waals surface area contributed by atoms with E-state index in [1.54, 1.807) is 6.92 Å². The maximum Gasteiger partial charge on any atom is 0.338 e. The van der Waals surface area contributed by atoms with E-state index in [-0.39, 0.29) is 35.0 Å². The number of benzene rings is 3. The summed E-state index contributed by atoms with van der Waals surface area (Å²) in [5.74, 6) is -3.11. The first-order chi connectivity index (χ1) is 21.2. The topological polar surface area (TPSA) is 149 Å². The number of fused-ring (bicyclic) bond motifs is 2. The highest BCUT2D eigenvalue weighted by atomic mass is 32.2. The molecule has 3 aromatic carbocycles. The highest BCUT2D eigenvalue weighted by Crippen LogP contribution is 2.55. The maximum absolute atomic E-state index is 14.2. The predicted molar refractivity (Wildman–Crippen MR) is 163 cm³/mol. The van der Waals surface area contributed by atoms with Crippen LogP contribution in [0, 0.1) is 23.0 Å². The molecular formula is C31H25N3O8S2. The van der Waals surface area contributed by atoms with Crippen molar-refractivity contribution in [1.82, 2.24) is 4.98 Å². The fourth-order valence-corrected chi connectivity index (χ4v) is 8.06. The van der Waals surface area contributed by atoms with E-state index in [1.807, 2.05) is 31.2 Å². The van der Waals surface area contributed by atoms with Gasteiger partial charge in [0, 0.05) is 28.5 Å². The second-order valence-electron chi connectivity index (χ2n) is 10.3. The average molecular weight is 632 g/mol. The number of nitro benzene ring substituents is 1. The molecule has 2 amide bonds. The average Bonchev–Trinajstić information content (AvgIpc) is 3.50. The number of thioether (sulfide) groups is 1. The summed E-state index contributed by atoms with van der Waals surface area (Å²) < 4.78 is 11.2. The minimum Gasteiger partial charge on any atom is -0.489 e. The number of nitrogens with zero attached hydrogens (tertiary/aromatic N) is 2. The first-order valence-electron chi connectivity index (χ1n) is 13.7. The van der Waals surface area contributed by atoms with Crippen molar-refractivity contribution >= 4 is 52.3 Å². The minimum absolute atomic E-state index is 0.157. The zero-order valence-corrected chi connectivity index (χ0v) is 25.1. The van der Waals surface area contributed by atoms with Crippen molar-refractivity contribution in [3.05, 3.63) is 114 Å². The summed E-state index contributed by atoms with van der Waals surface area (Å²) >= 11 is 1.99. The van der Waals surface area contributed by atoms with Crippen molar-refractivity contribution in [1.29, 1.82) is 0 Å². The van der Waals surface area contributed by atoms with Crippen LogP contribution in [0.15, 0.2) is 76.6 Å². The third-order valence-corrected chi connectivity index (χ3v) is 9.88. The van der Waals surface area contributed by atoms with Crippen molar-refractivity contribution in [2.45, 2.75) is 36.6 Å². The molecule has 3 heterocycles. The van der Waals surface area contributed by atoms with Crippen LogP contribution in [-0.2, 0) is 20.9 Å². The van der Waals surface area contributed by atoms with Crippen LogP contribution in [0.2, 0.25) is 0 Å². The van der Waals surface area contributed by atoms with Gasteiger partial charge < -0.3 is 14.5 Å². The summed E-state index contributed by atoms with van der Waals surface area (Å²) in [6, 6.07) is 17.8. The van der Waals surface area contributed by atoms with Crippen molar-refractivity contribution in [2.24, 2.45) is 5.92 Å². The van der Waals surface area contributed by atoms with E-state index < -0.39 is 39.8 Å². The molecule has 1 N–H and O–H groups in total. The molecule has 13 heteroatoms. The molecule has 2 aliphatic rings. The van der Waals surface area contributed by atoms with Crippen LogP contribution in [0.4, 0.5) is 11.4 Å². The van der Waals surface area contributed by atoms with Gasteiger partial charge in [-0.15, -0.1) is 0 Å². The molecule has 1 aromatic heterocycles. The van der Waals surface area contributed by atoms with Crippen molar-refractivity contribution in [2.75, 3.05) is 11.5 Å².